The molecule has 0 unspecified atom stereocenters. The molecule has 3 amide bonds. The fourth-order valence-electron chi connectivity index (χ4n) is 4.93. The highest BCUT2D eigenvalue weighted by molar-refractivity contribution is 6.04. The molecule has 0 bridgehead atoms. The highest BCUT2D eigenvalue weighted by Crippen LogP contribution is 2.35. The molecule has 0 atom stereocenters. The van der Waals surface area contributed by atoms with E-state index >= 15 is 0 Å². The number of amides is 3. The summed E-state index contributed by atoms with van der Waals surface area (Å²) in [5, 5.41) is 8.77. The molecule has 230 valence electrons. The third kappa shape index (κ3) is 9.12. The van der Waals surface area contributed by atoms with Crippen molar-refractivity contribution in [2.45, 2.75) is 65.5 Å². The van der Waals surface area contributed by atoms with Crippen LogP contribution in [0.3, 0.4) is 0 Å². The van der Waals surface area contributed by atoms with Crippen LogP contribution in [0.2, 0.25) is 0 Å². The Kier molecular flexibility index (Phi) is 11.3. The first kappa shape index (κ1) is 31.7. The van der Waals surface area contributed by atoms with Crippen LogP contribution in [0.1, 0.15) is 62.4 Å². The van der Waals surface area contributed by atoms with Crippen molar-refractivity contribution in [2.24, 2.45) is 0 Å². The SMILES string of the molecule is CCOc1cc(NC(=O)NC(CC)CC)ccc1Oc1ccc(NC(=O)c2ccc(OC3CCN(C)CC3)c(C)c2)cc1. The van der Waals surface area contributed by atoms with Gasteiger partial charge in [-0.25, -0.2) is 4.79 Å². The highest BCUT2D eigenvalue weighted by atomic mass is 16.5. The zero-order chi connectivity index (χ0) is 30.8. The molecule has 0 spiro atoms. The van der Waals surface area contributed by atoms with Crippen LogP contribution in [-0.4, -0.2) is 55.7 Å². The fraction of sp³-hybridized carbons (Fsp3) is 0.412. The molecule has 1 heterocycles. The molecule has 3 N–H and O–H groups in total. The van der Waals surface area contributed by atoms with Gasteiger partial charge in [0, 0.05) is 42.1 Å². The van der Waals surface area contributed by atoms with Crippen molar-refractivity contribution in [3.8, 4) is 23.0 Å². The largest absolute Gasteiger partial charge is 0.490 e. The number of anilines is 2. The Morgan fingerprint density at radius 1 is 0.860 bits per heavy atom. The van der Waals surface area contributed by atoms with Crippen LogP contribution in [0.15, 0.2) is 60.7 Å². The molecule has 0 saturated carbocycles. The fourth-order valence-corrected chi connectivity index (χ4v) is 4.93. The predicted octanol–water partition coefficient (Wildman–Crippen LogP) is 7.22. The molecule has 0 aromatic heterocycles. The lowest BCUT2D eigenvalue weighted by molar-refractivity contribution is 0.102. The van der Waals surface area contributed by atoms with Gasteiger partial charge in [-0.3, -0.25) is 4.79 Å². The molecule has 3 aromatic carbocycles. The van der Waals surface area contributed by atoms with Gasteiger partial charge in [-0.05, 0) is 107 Å². The summed E-state index contributed by atoms with van der Waals surface area (Å²) in [5.41, 5.74) is 2.76. The van der Waals surface area contributed by atoms with Crippen molar-refractivity contribution in [1.29, 1.82) is 0 Å². The number of ether oxygens (including phenoxy) is 3. The van der Waals surface area contributed by atoms with E-state index in [4.69, 9.17) is 14.2 Å². The van der Waals surface area contributed by atoms with Gasteiger partial charge in [0.25, 0.3) is 5.91 Å². The van der Waals surface area contributed by atoms with Crippen LogP contribution in [0.4, 0.5) is 16.2 Å². The van der Waals surface area contributed by atoms with Gasteiger partial charge in [0.2, 0.25) is 0 Å². The maximum absolute atomic E-state index is 13.0. The number of hydrogen-bond donors (Lipinski definition) is 3. The van der Waals surface area contributed by atoms with E-state index < -0.39 is 0 Å². The normalized spacial score (nSPS) is 13.8. The summed E-state index contributed by atoms with van der Waals surface area (Å²) in [6, 6.07) is 17.8. The number of aryl methyl sites for hydroxylation is 1. The standard InChI is InChI=1S/C34H44N4O5/c1-6-25(7-2)36-34(40)37-27-12-16-31(32(22-27)41-8-3)43-28-13-10-26(11-14-28)35-33(39)24-9-15-30(23(4)21-24)42-29-17-19-38(5)20-18-29/h9-16,21-22,25,29H,6-8,17-20H2,1-5H3,(H,35,39)(H2,36,37,40). The van der Waals surface area contributed by atoms with Gasteiger partial charge in [-0.1, -0.05) is 13.8 Å². The Morgan fingerprint density at radius 3 is 2.19 bits per heavy atom. The van der Waals surface area contributed by atoms with Crippen molar-refractivity contribution in [1.82, 2.24) is 10.2 Å². The molecular formula is C34H44N4O5. The number of rotatable bonds is 12. The number of benzene rings is 3. The summed E-state index contributed by atoms with van der Waals surface area (Å²) < 4.78 is 18.1. The Hall–Kier alpha value is -4.24. The predicted molar refractivity (Wildman–Crippen MR) is 171 cm³/mol. The Bertz CT molecular complexity index is 1370. The second-order valence-electron chi connectivity index (χ2n) is 10.9. The lowest BCUT2D eigenvalue weighted by atomic mass is 10.1. The third-order valence-corrected chi connectivity index (χ3v) is 7.56. The summed E-state index contributed by atoms with van der Waals surface area (Å²) in [4.78, 5) is 27.6. The minimum Gasteiger partial charge on any atom is -0.490 e. The summed E-state index contributed by atoms with van der Waals surface area (Å²) >= 11 is 0. The molecule has 4 rings (SSSR count). The molecule has 1 aliphatic rings. The first-order chi connectivity index (χ1) is 20.8. The maximum atomic E-state index is 13.0. The van der Waals surface area contributed by atoms with Crippen LogP contribution >= 0.6 is 0 Å². The van der Waals surface area contributed by atoms with Crippen LogP contribution in [0.5, 0.6) is 23.0 Å². The molecule has 43 heavy (non-hydrogen) atoms. The summed E-state index contributed by atoms with van der Waals surface area (Å²) in [5.74, 6) is 2.24. The van der Waals surface area contributed by atoms with Gasteiger partial charge in [-0.15, -0.1) is 0 Å². The van der Waals surface area contributed by atoms with Crippen molar-refractivity contribution in [2.75, 3.05) is 37.4 Å². The molecule has 1 aliphatic heterocycles. The molecule has 0 radical (unpaired) electrons. The van der Waals surface area contributed by atoms with E-state index in [9.17, 15) is 9.59 Å². The number of urea groups is 1. The number of piperidine rings is 1. The van der Waals surface area contributed by atoms with E-state index in [1.807, 2.05) is 39.8 Å². The van der Waals surface area contributed by atoms with Crippen molar-refractivity contribution < 1.29 is 23.8 Å². The van der Waals surface area contributed by atoms with Crippen molar-refractivity contribution >= 4 is 23.3 Å². The number of carbonyl (C=O) groups excluding carboxylic acids is 2. The van der Waals surface area contributed by atoms with Gasteiger partial charge in [-0.2, -0.15) is 0 Å². The van der Waals surface area contributed by atoms with Crippen LogP contribution in [0.25, 0.3) is 0 Å². The first-order valence-electron chi connectivity index (χ1n) is 15.2. The van der Waals surface area contributed by atoms with Crippen LogP contribution in [-0.2, 0) is 0 Å². The topological polar surface area (TPSA) is 101 Å². The first-order valence-corrected chi connectivity index (χ1v) is 15.2. The molecule has 3 aromatic rings. The second-order valence-corrected chi connectivity index (χ2v) is 10.9. The summed E-state index contributed by atoms with van der Waals surface area (Å²) in [7, 11) is 2.13. The second kappa shape index (κ2) is 15.3. The van der Waals surface area contributed by atoms with Gasteiger partial charge >= 0.3 is 6.03 Å². The minimum atomic E-state index is -0.255. The zero-order valence-electron chi connectivity index (χ0n) is 25.9. The Morgan fingerprint density at radius 2 is 1.53 bits per heavy atom. The van der Waals surface area contributed by atoms with Crippen LogP contribution in [0, 0.1) is 6.92 Å². The number of hydrogen-bond acceptors (Lipinski definition) is 6. The number of carbonyl (C=O) groups is 2. The average Bonchev–Trinajstić information content (AvgIpc) is 3.00. The van der Waals surface area contributed by atoms with E-state index in [1.165, 1.54) is 0 Å². The average molecular weight is 589 g/mol. The molecule has 0 aliphatic carbocycles. The van der Waals surface area contributed by atoms with Gasteiger partial charge in [0.15, 0.2) is 11.5 Å². The van der Waals surface area contributed by atoms with E-state index in [0.717, 1.165) is 50.1 Å². The Labute approximate surface area is 254 Å². The smallest absolute Gasteiger partial charge is 0.319 e. The van der Waals surface area contributed by atoms with Gasteiger partial charge in [0.1, 0.15) is 17.6 Å². The third-order valence-electron chi connectivity index (χ3n) is 7.56. The van der Waals surface area contributed by atoms with Crippen molar-refractivity contribution in [3.63, 3.8) is 0 Å². The number of nitrogens with one attached hydrogen (secondary N) is 3. The van der Waals surface area contributed by atoms with Crippen molar-refractivity contribution in [3.05, 3.63) is 71.8 Å². The quantitative estimate of drug-likeness (QED) is 0.207. The Balaban J connectivity index is 1.35. The van der Waals surface area contributed by atoms with E-state index in [1.54, 1.807) is 48.5 Å². The lowest BCUT2D eigenvalue weighted by Crippen LogP contribution is -2.37. The molecule has 9 nitrogen and oxygen atoms in total. The summed E-state index contributed by atoms with van der Waals surface area (Å²) in [6.07, 6.45) is 3.95. The van der Waals surface area contributed by atoms with Gasteiger partial charge < -0.3 is 35.1 Å². The molecular weight excluding hydrogens is 544 g/mol. The zero-order valence-corrected chi connectivity index (χ0v) is 25.9. The molecule has 1 fully saturated rings. The summed E-state index contributed by atoms with van der Waals surface area (Å²) in [6.45, 7) is 10.4. The minimum absolute atomic E-state index is 0.125. The van der Waals surface area contributed by atoms with E-state index in [2.05, 4.69) is 27.9 Å². The van der Waals surface area contributed by atoms with E-state index in [0.29, 0.717) is 40.8 Å². The highest BCUT2D eigenvalue weighted by Gasteiger charge is 2.19. The monoisotopic (exact) mass is 588 g/mol. The molecule has 9 heteroatoms. The van der Waals surface area contributed by atoms with E-state index in [-0.39, 0.29) is 24.1 Å². The molecule has 1 saturated heterocycles. The van der Waals surface area contributed by atoms with Gasteiger partial charge in [0.05, 0.1) is 6.61 Å². The number of nitrogens with zero attached hydrogens (tertiary/aromatic N) is 1. The number of likely N-dealkylation sites (tertiary alicyclic amines) is 1. The van der Waals surface area contributed by atoms with Crippen LogP contribution < -0.4 is 30.2 Å². The lowest BCUT2D eigenvalue weighted by Gasteiger charge is -2.29. The maximum Gasteiger partial charge on any atom is 0.319 e.